The topological polar surface area (TPSA) is 46.2 Å². The van der Waals surface area contributed by atoms with E-state index in [9.17, 15) is 8.42 Å². The van der Waals surface area contributed by atoms with Crippen LogP contribution in [0.5, 0.6) is 0 Å². The highest BCUT2D eigenvalue weighted by Gasteiger charge is 2.24. The van der Waals surface area contributed by atoms with Crippen molar-refractivity contribution in [3.8, 4) is 12.3 Å². The Hall–Kier alpha value is -0.530. The molecule has 3 nitrogen and oxygen atoms in total. The monoisotopic (exact) mass is 231 g/mol. The van der Waals surface area contributed by atoms with Gasteiger partial charge in [-0.25, -0.2) is 8.42 Å². The van der Waals surface area contributed by atoms with E-state index >= 15 is 0 Å². The molecule has 0 rings (SSSR count). The van der Waals surface area contributed by atoms with Gasteiger partial charge in [0.25, 0.3) is 0 Å². The molecule has 15 heavy (non-hydrogen) atoms. The molecule has 0 fully saturated rings. The number of nitrogens with one attached hydrogen (secondary N) is 1. The lowest BCUT2D eigenvalue weighted by Crippen LogP contribution is -2.42. The Morgan fingerprint density at radius 1 is 1.47 bits per heavy atom. The van der Waals surface area contributed by atoms with Crippen LogP contribution in [0.1, 0.15) is 33.1 Å². The van der Waals surface area contributed by atoms with Crippen molar-refractivity contribution in [1.82, 2.24) is 5.32 Å². The zero-order chi connectivity index (χ0) is 11.9. The second-order valence-corrected chi connectivity index (χ2v) is 6.24. The van der Waals surface area contributed by atoms with Gasteiger partial charge in [0.15, 0.2) is 9.84 Å². The van der Waals surface area contributed by atoms with Gasteiger partial charge >= 0.3 is 0 Å². The summed E-state index contributed by atoms with van der Waals surface area (Å²) >= 11 is 0. The molecule has 0 amide bonds. The van der Waals surface area contributed by atoms with E-state index in [0.29, 0.717) is 12.8 Å². The summed E-state index contributed by atoms with van der Waals surface area (Å²) in [6, 6.07) is -0.0315. The van der Waals surface area contributed by atoms with E-state index in [0.717, 1.165) is 13.0 Å². The molecule has 88 valence electrons. The minimum absolute atomic E-state index is 0.0315. The molecule has 0 saturated heterocycles. The fraction of sp³-hybridized carbons (Fsp3) is 0.818. The summed E-state index contributed by atoms with van der Waals surface area (Å²) in [4.78, 5) is 0. The van der Waals surface area contributed by atoms with E-state index in [1.54, 1.807) is 6.92 Å². The summed E-state index contributed by atoms with van der Waals surface area (Å²) in [6.45, 7) is 4.62. The van der Waals surface area contributed by atoms with Gasteiger partial charge in [-0.2, -0.15) is 0 Å². The third-order valence-corrected chi connectivity index (χ3v) is 4.18. The molecule has 0 aliphatic rings. The highest BCUT2D eigenvalue weighted by atomic mass is 32.2. The molecule has 0 aliphatic heterocycles. The van der Waals surface area contributed by atoms with Crippen LogP contribution in [0.15, 0.2) is 0 Å². The molecule has 0 aromatic carbocycles. The number of terminal acetylenes is 1. The van der Waals surface area contributed by atoms with Crippen LogP contribution >= 0.6 is 0 Å². The van der Waals surface area contributed by atoms with Crippen LogP contribution < -0.4 is 5.32 Å². The quantitative estimate of drug-likeness (QED) is 0.670. The summed E-state index contributed by atoms with van der Waals surface area (Å²) in [5, 5.41) is 2.86. The van der Waals surface area contributed by atoms with Crippen molar-refractivity contribution in [3.05, 3.63) is 0 Å². The first kappa shape index (κ1) is 14.5. The Bertz CT molecular complexity index is 303. The third kappa shape index (κ3) is 5.81. The van der Waals surface area contributed by atoms with Gasteiger partial charge in [0.1, 0.15) is 0 Å². The molecule has 2 unspecified atom stereocenters. The van der Waals surface area contributed by atoms with Crippen molar-refractivity contribution < 1.29 is 8.42 Å². The van der Waals surface area contributed by atoms with E-state index in [2.05, 4.69) is 18.2 Å². The van der Waals surface area contributed by atoms with Crippen LogP contribution in [-0.4, -0.2) is 32.5 Å². The van der Waals surface area contributed by atoms with E-state index in [-0.39, 0.29) is 11.3 Å². The van der Waals surface area contributed by atoms with Crippen molar-refractivity contribution in [2.45, 2.75) is 44.4 Å². The number of hydrogen-bond donors (Lipinski definition) is 1. The van der Waals surface area contributed by atoms with Gasteiger partial charge in [0, 0.05) is 18.7 Å². The Morgan fingerprint density at radius 2 is 2.07 bits per heavy atom. The molecular formula is C11H21NO2S. The molecule has 2 atom stereocenters. The average Bonchev–Trinajstić information content (AvgIpc) is 2.16. The van der Waals surface area contributed by atoms with Crippen LogP contribution in [-0.2, 0) is 9.84 Å². The molecule has 0 heterocycles. The standard InChI is InChI=1S/C11H21NO2S/c1-5-7-8-11(12-9-6-2)10(3)15(4,13)14/h1,10-12H,6-9H2,2-4H3. The Morgan fingerprint density at radius 3 is 2.47 bits per heavy atom. The fourth-order valence-electron chi connectivity index (χ4n) is 1.37. The van der Waals surface area contributed by atoms with Gasteiger partial charge in [-0.3, -0.25) is 0 Å². The first-order chi connectivity index (χ1) is 6.93. The van der Waals surface area contributed by atoms with E-state index in [1.165, 1.54) is 6.26 Å². The lowest BCUT2D eigenvalue weighted by molar-refractivity contribution is 0.464. The van der Waals surface area contributed by atoms with Crippen LogP contribution in [0.4, 0.5) is 0 Å². The van der Waals surface area contributed by atoms with Gasteiger partial charge in [0.2, 0.25) is 0 Å². The fourth-order valence-corrected chi connectivity index (χ4v) is 2.20. The Labute approximate surface area is 93.6 Å². The molecule has 0 aromatic heterocycles. The lowest BCUT2D eigenvalue weighted by Gasteiger charge is -2.23. The van der Waals surface area contributed by atoms with Gasteiger partial charge in [-0.05, 0) is 26.3 Å². The van der Waals surface area contributed by atoms with E-state index in [4.69, 9.17) is 6.42 Å². The molecule has 0 spiro atoms. The predicted octanol–water partition coefficient (Wildman–Crippen LogP) is 1.20. The van der Waals surface area contributed by atoms with Crippen molar-refractivity contribution in [1.29, 1.82) is 0 Å². The maximum absolute atomic E-state index is 11.4. The lowest BCUT2D eigenvalue weighted by atomic mass is 10.1. The smallest absolute Gasteiger partial charge is 0.151 e. The molecule has 0 radical (unpaired) electrons. The molecule has 0 aromatic rings. The summed E-state index contributed by atoms with van der Waals surface area (Å²) < 4.78 is 22.8. The maximum Gasteiger partial charge on any atom is 0.151 e. The molecular weight excluding hydrogens is 210 g/mol. The van der Waals surface area contributed by atoms with Crippen LogP contribution in [0, 0.1) is 12.3 Å². The molecule has 0 bridgehead atoms. The SMILES string of the molecule is C#CCCC(NCCC)C(C)S(C)(=O)=O. The van der Waals surface area contributed by atoms with Crippen LogP contribution in [0.2, 0.25) is 0 Å². The zero-order valence-corrected chi connectivity index (χ0v) is 10.6. The minimum Gasteiger partial charge on any atom is -0.313 e. The predicted molar refractivity (Wildman–Crippen MR) is 64.5 cm³/mol. The minimum atomic E-state index is -2.99. The van der Waals surface area contributed by atoms with Crippen molar-refractivity contribution in [2.24, 2.45) is 0 Å². The number of hydrogen-bond acceptors (Lipinski definition) is 3. The summed E-state index contributed by atoms with van der Waals surface area (Å²) in [6.07, 6.45) is 8.77. The highest BCUT2D eigenvalue weighted by molar-refractivity contribution is 7.91. The first-order valence-electron chi connectivity index (χ1n) is 5.29. The first-order valence-corrected chi connectivity index (χ1v) is 7.24. The van der Waals surface area contributed by atoms with E-state index in [1.807, 2.05) is 0 Å². The zero-order valence-electron chi connectivity index (χ0n) is 9.79. The van der Waals surface area contributed by atoms with Crippen molar-refractivity contribution >= 4 is 9.84 Å². The molecule has 4 heteroatoms. The van der Waals surface area contributed by atoms with Gasteiger partial charge in [-0.15, -0.1) is 12.3 Å². The summed E-state index contributed by atoms with van der Waals surface area (Å²) in [7, 11) is -2.99. The van der Waals surface area contributed by atoms with E-state index < -0.39 is 9.84 Å². The second kappa shape index (κ2) is 6.86. The van der Waals surface area contributed by atoms with Gasteiger partial charge in [-0.1, -0.05) is 6.92 Å². The normalized spacial score (nSPS) is 15.6. The molecule has 0 saturated carbocycles. The maximum atomic E-state index is 11.4. The second-order valence-electron chi connectivity index (χ2n) is 3.84. The number of sulfone groups is 1. The summed E-state index contributed by atoms with van der Waals surface area (Å²) in [5.74, 6) is 2.55. The Kier molecular flexibility index (Phi) is 6.62. The number of rotatable bonds is 7. The molecule has 1 N–H and O–H groups in total. The van der Waals surface area contributed by atoms with Crippen molar-refractivity contribution in [2.75, 3.05) is 12.8 Å². The van der Waals surface area contributed by atoms with Gasteiger partial charge < -0.3 is 5.32 Å². The average molecular weight is 231 g/mol. The summed E-state index contributed by atoms with van der Waals surface area (Å²) in [5.41, 5.74) is 0. The van der Waals surface area contributed by atoms with Crippen molar-refractivity contribution in [3.63, 3.8) is 0 Å². The van der Waals surface area contributed by atoms with Crippen LogP contribution in [0.3, 0.4) is 0 Å². The van der Waals surface area contributed by atoms with Gasteiger partial charge in [0.05, 0.1) is 5.25 Å². The third-order valence-electron chi connectivity index (χ3n) is 2.50. The largest absolute Gasteiger partial charge is 0.313 e. The highest BCUT2D eigenvalue weighted by Crippen LogP contribution is 2.10. The molecule has 0 aliphatic carbocycles. The Balaban J connectivity index is 4.41. The van der Waals surface area contributed by atoms with Crippen LogP contribution in [0.25, 0.3) is 0 Å².